The Morgan fingerprint density at radius 3 is 2.04 bits per heavy atom. The van der Waals surface area contributed by atoms with Crippen LogP contribution >= 0.6 is 0 Å². The first-order valence-corrected chi connectivity index (χ1v) is 8.10. The van der Waals surface area contributed by atoms with Crippen molar-refractivity contribution in [2.24, 2.45) is 4.99 Å². The van der Waals surface area contributed by atoms with E-state index in [1.54, 1.807) is 12.3 Å². The molecule has 26 heavy (non-hydrogen) atoms. The molecule has 0 fully saturated rings. The minimum Gasteiger partial charge on any atom is -0.465 e. The van der Waals surface area contributed by atoms with Gasteiger partial charge < -0.3 is 9.47 Å². The van der Waals surface area contributed by atoms with Crippen molar-refractivity contribution < 1.29 is 9.47 Å². The Morgan fingerprint density at radius 1 is 0.808 bits per heavy atom. The van der Waals surface area contributed by atoms with Crippen LogP contribution in [0.25, 0.3) is 0 Å². The van der Waals surface area contributed by atoms with Crippen LogP contribution in [0.5, 0.6) is 11.5 Å². The molecular weight excluding hydrogens is 322 g/mol. The Kier molecular flexibility index (Phi) is 5.85. The Balaban J connectivity index is 1.80. The van der Waals surface area contributed by atoms with Crippen molar-refractivity contribution in [3.63, 3.8) is 0 Å². The molecule has 0 aliphatic heterocycles. The molecule has 3 aromatic rings. The number of hydrogen-bond acceptors (Lipinski definition) is 3. The second-order valence-corrected chi connectivity index (χ2v) is 5.29. The lowest BCUT2D eigenvalue weighted by molar-refractivity contribution is 0.479. The summed E-state index contributed by atoms with van der Waals surface area (Å²) in [6, 6.07) is 26.3. The van der Waals surface area contributed by atoms with E-state index in [-0.39, 0.29) is 0 Å². The Labute approximate surface area is 153 Å². The van der Waals surface area contributed by atoms with E-state index in [1.165, 1.54) is 0 Å². The fraction of sp³-hybridized carbons (Fsp3) is 0. The van der Waals surface area contributed by atoms with Gasteiger partial charge in [0.25, 0.3) is 0 Å². The Bertz CT molecular complexity index is 921. The van der Waals surface area contributed by atoms with Gasteiger partial charge in [0.1, 0.15) is 11.5 Å². The first-order valence-electron chi connectivity index (χ1n) is 8.10. The molecule has 3 heteroatoms. The summed E-state index contributed by atoms with van der Waals surface area (Å²) in [7, 11) is 0. The summed E-state index contributed by atoms with van der Waals surface area (Å²) in [6.07, 6.45) is 8.61. The van der Waals surface area contributed by atoms with E-state index in [4.69, 9.17) is 15.9 Å². The fourth-order valence-electron chi connectivity index (χ4n) is 2.13. The van der Waals surface area contributed by atoms with E-state index < -0.39 is 0 Å². The van der Waals surface area contributed by atoms with E-state index >= 15 is 0 Å². The van der Waals surface area contributed by atoms with Crippen LogP contribution in [-0.2, 0) is 0 Å². The lowest BCUT2D eigenvalue weighted by Gasteiger charge is -2.06. The van der Waals surface area contributed by atoms with Gasteiger partial charge in [-0.05, 0) is 48.5 Å². The first-order chi connectivity index (χ1) is 12.8. The summed E-state index contributed by atoms with van der Waals surface area (Å²) in [5.41, 5.74) is 1.54. The molecule has 0 heterocycles. The highest BCUT2D eigenvalue weighted by atomic mass is 16.5. The van der Waals surface area contributed by atoms with Crippen LogP contribution in [0.4, 0.5) is 5.69 Å². The van der Waals surface area contributed by atoms with Crippen molar-refractivity contribution in [3.05, 3.63) is 103 Å². The molecule has 0 saturated carbocycles. The van der Waals surface area contributed by atoms with Gasteiger partial charge in [-0.2, -0.15) is 0 Å². The maximum atomic E-state index is 5.86. The summed E-state index contributed by atoms with van der Waals surface area (Å²) in [5, 5.41) is 0. The van der Waals surface area contributed by atoms with Gasteiger partial charge in [-0.15, -0.1) is 6.42 Å². The third-order valence-corrected chi connectivity index (χ3v) is 3.40. The number of terminal acetylenes is 1. The maximum Gasteiger partial charge on any atom is 0.222 e. The molecule has 0 atom stereocenters. The SMILES string of the molecule is C#Cc1ccc(N=C(C=COc2ccccc2)Oc2ccccc2)cc1. The van der Waals surface area contributed by atoms with Crippen molar-refractivity contribution in [2.45, 2.75) is 0 Å². The molecule has 0 unspecified atom stereocenters. The molecule has 3 aromatic carbocycles. The minimum atomic E-state index is 0.403. The number of para-hydroxylation sites is 2. The summed E-state index contributed by atoms with van der Waals surface area (Å²) in [5.74, 6) is 4.42. The number of ether oxygens (including phenoxy) is 2. The average Bonchev–Trinajstić information content (AvgIpc) is 2.70. The van der Waals surface area contributed by atoms with Crippen molar-refractivity contribution in [3.8, 4) is 23.8 Å². The highest BCUT2D eigenvalue weighted by Gasteiger charge is 2.01. The van der Waals surface area contributed by atoms with Crippen molar-refractivity contribution in [1.29, 1.82) is 0 Å². The molecule has 0 N–H and O–H groups in total. The van der Waals surface area contributed by atoms with Gasteiger partial charge in [0.05, 0.1) is 11.9 Å². The molecule has 126 valence electrons. The van der Waals surface area contributed by atoms with Gasteiger partial charge in [-0.3, -0.25) is 0 Å². The van der Waals surface area contributed by atoms with E-state index in [2.05, 4.69) is 10.9 Å². The molecule has 0 bridgehead atoms. The van der Waals surface area contributed by atoms with Crippen molar-refractivity contribution >= 4 is 11.6 Å². The van der Waals surface area contributed by atoms with Crippen LogP contribution in [0.1, 0.15) is 5.56 Å². The molecule has 0 saturated heterocycles. The molecule has 0 aliphatic carbocycles. The number of rotatable bonds is 5. The molecule has 0 spiro atoms. The zero-order valence-electron chi connectivity index (χ0n) is 14.1. The van der Waals surface area contributed by atoms with Crippen LogP contribution in [-0.4, -0.2) is 5.90 Å². The smallest absolute Gasteiger partial charge is 0.222 e. The molecule has 3 nitrogen and oxygen atoms in total. The van der Waals surface area contributed by atoms with Crippen LogP contribution in [0.2, 0.25) is 0 Å². The lowest BCUT2D eigenvalue weighted by atomic mass is 10.2. The standard InChI is InChI=1S/C23H17NO2/c1-2-19-13-15-20(16-14-19)24-23(26-22-11-7-4-8-12-22)17-18-25-21-9-5-3-6-10-21/h1,3-18H. The van der Waals surface area contributed by atoms with Crippen molar-refractivity contribution in [2.75, 3.05) is 0 Å². The molecule has 3 rings (SSSR count). The normalized spacial score (nSPS) is 11.1. The van der Waals surface area contributed by atoms with Crippen LogP contribution in [0.3, 0.4) is 0 Å². The van der Waals surface area contributed by atoms with E-state index in [1.807, 2.05) is 84.9 Å². The molecule has 0 amide bonds. The quantitative estimate of drug-likeness (QED) is 0.271. The number of nitrogens with zero attached hydrogens (tertiary/aromatic N) is 1. The van der Waals surface area contributed by atoms with E-state index in [0.29, 0.717) is 11.6 Å². The highest BCUT2D eigenvalue weighted by molar-refractivity contribution is 5.91. The minimum absolute atomic E-state index is 0.403. The summed E-state index contributed by atoms with van der Waals surface area (Å²) < 4.78 is 11.4. The first kappa shape index (κ1) is 17.1. The van der Waals surface area contributed by atoms with Gasteiger partial charge in [0.2, 0.25) is 5.90 Å². The lowest BCUT2D eigenvalue weighted by Crippen LogP contribution is -2.05. The number of benzene rings is 3. The second kappa shape index (κ2) is 8.91. The van der Waals surface area contributed by atoms with E-state index in [9.17, 15) is 0 Å². The van der Waals surface area contributed by atoms with Gasteiger partial charge in [0.15, 0.2) is 0 Å². The second-order valence-electron chi connectivity index (χ2n) is 5.29. The van der Waals surface area contributed by atoms with E-state index in [0.717, 1.165) is 17.0 Å². The van der Waals surface area contributed by atoms with Crippen molar-refractivity contribution in [1.82, 2.24) is 0 Å². The molecule has 0 radical (unpaired) electrons. The Hall–Kier alpha value is -3.77. The van der Waals surface area contributed by atoms with Gasteiger partial charge in [-0.25, -0.2) is 4.99 Å². The monoisotopic (exact) mass is 339 g/mol. The molecule has 0 aliphatic rings. The third-order valence-electron chi connectivity index (χ3n) is 3.40. The van der Waals surface area contributed by atoms with Crippen LogP contribution < -0.4 is 9.47 Å². The van der Waals surface area contributed by atoms with Crippen LogP contribution in [0, 0.1) is 12.3 Å². The predicted molar refractivity (Wildman–Crippen MR) is 105 cm³/mol. The fourth-order valence-corrected chi connectivity index (χ4v) is 2.13. The third kappa shape index (κ3) is 5.12. The average molecular weight is 339 g/mol. The van der Waals surface area contributed by atoms with Crippen LogP contribution in [0.15, 0.2) is 102 Å². The summed E-state index contributed by atoms with van der Waals surface area (Å²) >= 11 is 0. The molecular formula is C23H17NO2. The van der Waals surface area contributed by atoms with Gasteiger partial charge in [0, 0.05) is 11.6 Å². The molecule has 0 aromatic heterocycles. The zero-order valence-corrected chi connectivity index (χ0v) is 14.1. The number of hydrogen-bond donors (Lipinski definition) is 0. The number of aliphatic imine (C=N–C) groups is 1. The van der Waals surface area contributed by atoms with Gasteiger partial charge >= 0.3 is 0 Å². The highest BCUT2D eigenvalue weighted by Crippen LogP contribution is 2.16. The van der Waals surface area contributed by atoms with Gasteiger partial charge in [-0.1, -0.05) is 42.3 Å². The largest absolute Gasteiger partial charge is 0.465 e. The maximum absolute atomic E-state index is 5.86. The summed E-state index contributed by atoms with van der Waals surface area (Å²) in [4.78, 5) is 4.52. The zero-order chi connectivity index (χ0) is 18.0. The summed E-state index contributed by atoms with van der Waals surface area (Å²) in [6.45, 7) is 0. The predicted octanol–water partition coefficient (Wildman–Crippen LogP) is 5.37. The Morgan fingerprint density at radius 2 is 1.42 bits per heavy atom. The topological polar surface area (TPSA) is 30.8 Å².